The minimum absolute atomic E-state index is 0.403. The maximum Gasteiger partial charge on any atom is 0.121 e. The molecule has 0 amide bonds. The molecule has 0 saturated heterocycles. The van der Waals surface area contributed by atoms with Crippen molar-refractivity contribution in [2.45, 2.75) is 45.4 Å². The van der Waals surface area contributed by atoms with E-state index in [1.54, 1.807) is 7.11 Å². The highest BCUT2D eigenvalue weighted by atomic mass is 16.5. The van der Waals surface area contributed by atoms with Crippen LogP contribution < -0.4 is 14.8 Å². The van der Waals surface area contributed by atoms with Gasteiger partial charge in [0, 0.05) is 18.3 Å². The zero-order chi connectivity index (χ0) is 20.5. The molecule has 0 radical (unpaired) electrons. The van der Waals surface area contributed by atoms with E-state index in [0.717, 1.165) is 36.8 Å². The van der Waals surface area contributed by atoms with E-state index in [4.69, 9.17) is 9.47 Å². The number of ether oxygens (including phenoxy) is 2. The Labute approximate surface area is 175 Å². The molecular formula is C26H33NO2. The Balaban J connectivity index is 1.55. The summed E-state index contributed by atoms with van der Waals surface area (Å²) in [6.45, 7) is 6.15. The molecule has 0 aromatic heterocycles. The first kappa shape index (κ1) is 21.0. The second kappa shape index (κ2) is 10.8. The molecule has 1 unspecified atom stereocenters. The van der Waals surface area contributed by atoms with Crippen molar-refractivity contribution in [2.24, 2.45) is 0 Å². The molecule has 0 aliphatic carbocycles. The number of benzene rings is 3. The summed E-state index contributed by atoms with van der Waals surface area (Å²) in [5, 5.41) is 6.01. The normalized spacial score (nSPS) is 12.0. The topological polar surface area (TPSA) is 30.5 Å². The van der Waals surface area contributed by atoms with E-state index >= 15 is 0 Å². The molecule has 154 valence electrons. The fourth-order valence-electron chi connectivity index (χ4n) is 3.48. The van der Waals surface area contributed by atoms with Crippen molar-refractivity contribution in [3.05, 3.63) is 66.2 Å². The molecule has 0 aliphatic heterocycles. The molecule has 0 heterocycles. The molecule has 0 aliphatic rings. The summed E-state index contributed by atoms with van der Waals surface area (Å²) in [6.07, 6.45) is 4.90. The summed E-state index contributed by atoms with van der Waals surface area (Å²) in [4.78, 5) is 0. The van der Waals surface area contributed by atoms with E-state index < -0.39 is 0 Å². The highest BCUT2D eigenvalue weighted by Crippen LogP contribution is 2.26. The summed E-state index contributed by atoms with van der Waals surface area (Å²) in [6, 6.07) is 21.2. The molecule has 3 heteroatoms. The van der Waals surface area contributed by atoms with Gasteiger partial charge in [-0.05, 0) is 52.9 Å². The summed E-state index contributed by atoms with van der Waals surface area (Å²) in [5.74, 6) is 2.24. The van der Waals surface area contributed by atoms with Gasteiger partial charge in [-0.15, -0.1) is 0 Å². The third kappa shape index (κ3) is 6.15. The third-order valence-corrected chi connectivity index (χ3v) is 5.35. The Morgan fingerprint density at radius 1 is 0.862 bits per heavy atom. The second-order valence-electron chi connectivity index (χ2n) is 7.69. The van der Waals surface area contributed by atoms with Crippen LogP contribution >= 0.6 is 0 Å². The van der Waals surface area contributed by atoms with E-state index in [2.05, 4.69) is 67.7 Å². The Kier molecular flexibility index (Phi) is 7.80. The Bertz CT molecular complexity index is 906. The van der Waals surface area contributed by atoms with E-state index in [1.165, 1.54) is 35.6 Å². The highest BCUT2D eigenvalue weighted by molar-refractivity contribution is 5.84. The first-order valence-electron chi connectivity index (χ1n) is 10.7. The van der Waals surface area contributed by atoms with Crippen LogP contribution in [0.15, 0.2) is 60.7 Å². The van der Waals surface area contributed by atoms with Crippen LogP contribution in [0.1, 0.15) is 51.0 Å². The van der Waals surface area contributed by atoms with Crippen molar-refractivity contribution < 1.29 is 9.47 Å². The standard InChI is InChI=1S/C26H33NO2/c1-4-5-6-7-15-29-26-10-8-9-24(18-26)27-19-20(2)21-11-12-23-17-25(28-3)14-13-22(23)16-21/h8-14,16-18,20,27H,4-7,15,19H2,1-3H3. The largest absolute Gasteiger partial charge is 0.497 e. The van der Waals surface area contributed by atoms with Crippen LogP contribution in [-0.2, 0) is 0 Å². The van der Waals surface area contributed by atoms with Crippen molar-refractivity contribution in [3.63, 3.8) is 0 Å². The Morgan fingerprint density at radius 3 is 2.52 bits per heavy atom. The molecule has 1 N–H and O–H groups in total. The van der Waals surface area contributed by atoms with Gasteiger partial charge in [-0.1, -0.05) is 63.4 Å². The number of hydrogen-bond acceptors (Lipinski definition) is 3. The van der Waals surface area contributed by atoms with Gasteiger partial charge in [-0.25, -0.2) is 0 Å². The lowest BCUT2D eigenvalue weighted by atomic mass is 9.97. The smallest absolute Gasteiger partial charge is 0.121 e. The van der Waals surface area contributed by atoms with Gasteiger partial charge >= 0.3 is 0 Å². The summed E-state index contributed by atoms with van der Waals surface area (Å²) >= 11 is 0. The van der Waals surface area contributed by atoms with Crippen molar-refractivity contribution in [1.82, 2.24) is 0 Å². The van der Waals surface area contributed by atoms with Gasteiger partial charge in [0.25, 0.3) is 0 Å². The lowest BCUT2D eigenvalue weighted by Gasteiger charge is -2.16. The predicted molar refractivity (Wildman–Crippen MR) is 123 cm³/mol. The van der Waals surface area contributed by atoms with Gasteiger partial charge in [0.15, 0.2) is 0 Å². The minimum atomic E-state index is 0.403. The Hall–Kier alpha value is -2.68. The van der Waals surface area contributed by atoms with Crippen molar-refractivity contribution in [3.8, 4) is 11.5 Å². The van der Waals surface area contributed by atoms with Gasteiger partial charge in [-0.2, -0.15) is 0 Å². The molecule has 0 spiro atoms. The number of unbranched alkanes of at least 4 members (excludes halogenated alkanes) is 3. The summed E-state index contributed by atoms with van der Waals surface area (Å²) in [5.41, 5.74) is 2.44. The number of nitrogens with one attached hydrogen (secondary N) is 1. The van der Waals surface area contributed by atoms with Gasteiger partial charge in [-0.3, -0.25) is 0 Å². The Morgan fingerprint density at radius 2 is 1.69 bits per heavy atom. The maximum atomic E-state index is 5.90. The zero-order valence-electron chi connectivity index (χ0n) is 17.9. The molecule has 3 aromatic carbocycles. The second-order valence-corrected chi connectivity index (χ2v) is 7.69. The van der Waals surface area contributed by atoms with Gasteiger partial charge in [0.05, 0.1) is 13.7 Å². The lowest BCUT2D eigenvalue weighted by Crippen LogP contribution is -2.10. The molecule has 0 saturated carbocycles. The number of hydrogen-bond donors (Lipinski definition) is 1. The highest BCUT2D eigenvalue weighted by Gasteiger charge is 2.07. The van der Waals surface area contributed by atoms with E-state index in [-0.39, 0.29) is 0 Å². The average molecular weight is 392 g/mol. The zero-order valence-corrected chi connectivity index (χ0v) is 17.9. The number of methoxy groups -OCH3 is 1. The molecule has 0 fully saturated rings. The molecule has 29 heavy (non-hydrogen) atoms. The molecule has 0 bridgehead atoms. The summed E-state index contributed by atoms with van der Waals surface area (Å²) in [7, 11) is 1.70. The van der Waals surface area contributed by atoms with Gasteiger partial charge in [0.1, 0.15) is 11.5 Å². The third-order valence-electron chi connectivity index (χ3n) is 5.35. The van der Waals surface area contributed by atoms with Crippen LogP contribution in [-0.4, -0.2) is 20.3 Å². The van der Waals surface area contributed by atoms with Gasteiger partial charge < -0.3 is 14.8 Å². The fourth-order valence-corrected chi connectivity index (χ4v) is 3.48. The monoisotopic (exact) mass is 391 g/mol. The van der Waals surface area contributed by atoms with Gasteiger partial charge in [0.2, 0.25) is 0 Å². The van der Waals surface area contributed by atoms with Crippen molar-refractivity contribution in [2.75, 3.05) is 25.6 Å². The van der Waals surface area contributed by atoms with E-state index in [0.29, 0.717) is 5.92 Å². The first-order chi connectivity index (χ1) is 14.2. The number of anilines is 1. The number of fused-ring (bicyclic) bond motifs is 1. The van der Waals surface area contributed by atoms with Crippen molar-refractivity contribution >= 4 is 16.5 Å². The van der Waals surface area contributed by atoms with E-state index in [1.807, 2.05) is 12.1 Å². The molecular weight excluding hydrogens is 358 g/mol. The predicted octanol–water partition coefficient (Wildman–Crippen LogP) is 7.02. The van der Waals surface area contributed by atoms with Crippen LogP contribution in [0.4, 0.5) is 5.69 Å². The maximum absolute atomic E-state index is 5.90. The first-order valence-corrected chi connectivity index (χ1v) is 10.7. The van der Waals surface area contributed by atoms with Crippen LogP contribution in [0.5, 0.6) is 11.5 Å². The molecule has 3 nitrogen and oxygen atoms in total. The quantitative estimate of drug-likeness (QED) is 0.356. The SMILES string of the molecule is CCCCCCOc1cccc(NCC(C)c2ccc3cc(OC)ccc3c2)c1. The number of rotatable bonds is 11. The molecule has 3 aromatic rings. The fraction of sp³-hybridized carbons (Fsp3) is 0.385. The average Bonchev–Trinajstić information content (AvgIpc) is 2.77. The van der Waals surface area contributed by atoms with E-state index in [9.17, 15) is 0 Å². The molecule has 3 rings (SSSR count). The molecule has 1 atom stereocenters. The van der Waals surface area contributed by atoms with Crippen LogP contribution in [0.3, 0.4) is 0 Å². The van der Waals surface area contributed by atoms with Crippen LogP contribution in [0, 0.1) is 0 Å². The van der Waals surface area contributed by atoms with Crippen LogP contribution in [0.25, 0.3) is 10.8 Å². The van der Waals surface area contributed by atoms with Crippen molar-refractivity contribution in [1.29, 1.82) is 0 Å². The summed E-state index contributed by atoms with van der Waals surface area (Å²) < 4.78 is 11.2. The van der Waals surface area contributed by atoms with Crippen LogP contribution in [0.2, 0.25) is 0 Å². The lowest BCUT2D eigenvalue weighted by molar-refractivity contribution is 0.305. The minimum Gasteiger partial charge on any atom is -0.497 e.